The highest BCUT2D eigenvalue weighted by molar-refractivity contribution is 5.98. The number of nitrogens with one attached hydrogen (secondary N) is 1. The number of likely N-dealkylation sites (N-methyl/N-ethyl adjacent to an activating group) is 2. The number of ether oxygens (including phenoxy) is 2. The van der Waals surface area contributed by atoms with Crippen molar-refractivity contribution < 1.29 is 19.1 Å². The molecule has 178 valence electrons. The number of hydrogen-bond donors (Lipinski definition) is 1. The van der Waals surface area contributed by atoms with Crippen LogP contribution in [0.5, 0.6) is 5.75 Å². The Kier molecular flexibility index (Phi) is 8.47. The van der Waals surface area contributed by atoms with Crippen molar-refractivity contribution >= 4 is 17.5 Å². The van der Waals surface area contributed by atoms with Gasteiger partial charge in [0.05, 0.1) is 18.1 Å². The van der Waals surface area contributed by atoms with Gasteiger partial charge in [0.15, 0.2) is 0 Å². The molecule has 0 aromatic heterocycles. The Bertz CT molecular complexity index is 950. The second kappa shape index (κ2) is 11.3. The molecule has 1 N–H and O–H groups in total. The molecule has 1 aliphatic heterocycles. The molecule has 0 saturated carbocycles. The van der Waals surface area contributed by atoms with Gasteiger partial charge in [0.25, 0.3) is 5.91 Å². The van der Waals surface area contributed by atoms with E-state index in [1.54, 1.807) is 37.3 Å². The lowest BCUT2D eigenvalue weighted by atomic mass is 10.0. The van der Waals surface area contributed by atoms with Crippen LogP contribution in [-0.4, -0.2) is 74.7 Å². The molecule has 7 nitrogen and oxygen atoms in total. The van der Waals surface area contributed by atoms with Gasteiger partial charge >= 0.3 is 0 Å². The van der Waals surface area contributed by atoms with Crippen molar-refractivity contribution in [2.75, 3.05) is 46.2 Å². The predicted octanol–water partition coefficient (Wildman–Crippen LogP) is 3.30. The Hall–Kier alpha value is -2.90. The van der Waals surface area contributed by atoms with Crippen molar-refractivity contribution in [3.8, 4) is 5.75 Å². The largest absolute Gasteiger partial charge is 0.491 e. The molecule has 2 aromatic carbocycles. The highest BCUT2D eigenvalue weighted by Gasteiger charge is 2.27. The van der Waals surface area contributed by atoms with Gasteiger partial charge in [-0.15, -0.1) is 0 Å². The molecule has 3 rings (SSSR count). The molecule has 0 fully saturated rings. The number of carbonyl (C=O) groups is 2. The lowest BCUT2D eigenvalue weighted by molar-refractivity contribution is -0.115. The van der Waals surface area contributed by atoms with E-state index < -0.39 is 0 Å². The van der Waals surface area contributed by atoms with Crippen LogP contribution in [0.15, 0.2) is 48.5 Å². The summed E-state index contributed by atoms with van der Waals surface area (Å²) in [5.74, 6) is 0.455. The third-order valence-corrected chi connectivity index (χ3v) is 6.25. The van der Waals surface area contributed by atoms with Crippen LogP contribution in [0.3, 0.4) is 0 Å². The maximum Gasteiger partial charge on any atom is 0.257 e. The Morgan fingerprint density at radius 2 is 1.85 bits per heavy atom. The van der Waals surface area contributed by atoms with E-state index in [0.29, 0.717) is 30.2 Å². The van der Waals surface area contributed by atoms with E-state index in [-0.39, 0.29) is 36.3 Å². The molecule has 7 heteroatoms. The van der Waals surface area contributed by atoms with E-state index in [1.165, 1.54) is 0 Å². The second-order valence-electron chi connectivity index (χ2n) is 8.96. The minimum atomic E-state index is -0.136. The fraction of sp³-hybridized carbons (Fsp3) is 0.462. The van der Waals surface area contributed by atoms with Crippen molar-refractivity contribution in [1.29, 1.82) is 0 Å². The number of hydrogen-bond acceptors (Lipinski definition) is 5. The van der Waals surface area contributed by atoms with Gasteiger partial charge in [-0.3, -0.25) is 14.5 Å². The van der Waals surface area contributed by atoms with Gasteiger partial charge < -0.3 is 19.7 Å². The first-order valence-corrected chi connectivity index (χ1v) is 11.4. The lowest BCUT2D eigenvalue weighted by Crippen LogP contribution is -2.45. The zero-order chi connectivity index (χ0) is 24.0. The number of methoxy groups -OCH3 is 1. The van der Waals surface area contributed by atoms with Crippen LogP contribution in [0, 0.1) is 5.92 Å². The summed E-state index contributed by atoms with van der Waals surface area (Å²) in [5, 5.41) is 2.92. The van der Waals surface area contributed by atoms with Crippen LogP contribution in [0.1, 0.15) is 29.8 Å². The molecule has 33 heavy (non-hydrogen) atoms. The van der Waals surface area contributed by atoms with E-state index in [2.05, 4.69) is 31.1 Å². The summed E-state index contributed by atoms with van der Waals surface area (Å²) in [6.45, 7) is 5.97. The van der Waals surface area contributed by atoms with E-state index in [1.807, 2.05) is 30.3 Å². The summed E-state index contributed by atoms with van der Waals surface area (Å²) in [5.41, 5.74) is 2.01. The van der Waals surface area contributed by atoms with Crippen LogP contribution >= 0.6 is 0 Å². The number of anilines is 1. The van der Waals surface area contributed by atoms with Crippen molar-refractivity contribution in [1.82, 2.24) is 9.80 Å². The van der Waals surface area contributed by atoms with E-state index in [4.69, 9.17) is 9.47 Å². The predicted molar refractivity (Wildman–Crippen MR) is 130 cm³/mol. The molecule has 0 bridgehead atoms. The molecule has 1 heterocycles. The quantitative estimate of drug-likeness (QED) is 0.769. The molecular formula is C26H35N3O4. The molecule has 0 aliphatic carbocycles. The summed E-state index contributed by atoms with van der Waals surface area (Å²) in [6, 6.07) is 14.9. The Morgan fingerprint density at radius 1 is 1.12 bits per heavy atom. The molecule has 2 amide bonds. The Balaban J connectivity index is 1.84. The van der Waals surface area contributed by atoms with Crippen molar-refractivity contribution in [3.05, 3.63) is 59.7 Å². The van der Waals surface area contributed by atoms with Crippen molar-refractivity contribution in [3.63, 3.8) is 0 Å². The maximum atomic E-state index is 13.2. The SMILES string of the molecule is CO[C@H]1CN(C)C(=O)c2ccc(NC(=O)Cc3ccccc3)cc2OC[C@@H](C)N(C)C[C@H]1C. The highest BCUT2D eigenvalue weighted by Crippen LogP contribution is 2.26. The summed E-state index contributed by atoms with van der Waals surface area (Å²) < 4.78 is 11.8. The average Bonchev–Trinajstić information content (AvgIpc) is 2.80. The number of amides is 2. The fourth-order valence-electron chi connectivity index (χ4n) is 4.02. The normalized spacial score (nSPS) is 22.5. The van der Waals surface area contributed by atoms with Gasteiger partial charge in [0.1, 0.15) is 12.4 Å². The molecule has 0 radical (unpaired) electrons. The molecular weight excluding hydrogens is 418 g/mol. The highest BCUT2D eigenvalue weighted by atomic mass is 16.5. The average molecular weight is 454 g/mol. The lowest BCUT2D eigenvalue weighted by Gasteiger charge is -2.34. The van der Waals surface area contributed by atoms with Crippen LogP contribution in [0.4, 0.5) is 5.69 Å². The number of benzene rings is 2. The molecule has 3 atom stereocenters. The van der Waals surface area contributed by atoms with Crippen LogP contribution in [0.25, 0.3) is 0 Å². The number of nitrogens with zero attached hydrogens (tertiary/aromatic N) is 2. The van der Waals surface area contributed by atoms with E-state index in [9.17, 15) is 9.59 Å². The smallest absolute Gasteiger partial charge is 0.257 e. The third kappa shape index (κ3) is 6.55. The minimum absolute atomic E-state index is 0.0751. The Labute approximate surface area is 196 Å². The van der Waals surface area contributed by atoms with Gasteiger partial charge in [-0.2, -0.15) is 0 Å². The topological polar surface area (TPSA) is 71.1 Å². The molecule has 1 aliphatic rings. The number of carbonyl (C=O) groups excluding carboxylic acids is 2. The standard InChI is InChI=1S/C26H35N3O4/c1-18-15-28(3)19(2)17-33-23-14-21(27-25(30)13-20-9-7-6-8-10-20)11-12-22(23)26(31)29(4)16-24(18)32-5/h6-12,14,18-19,24H,13,15-17H2,1-5H3,(H,27,30)/t18-,19-,24+/m1/s1. The maximum absolute atomic E-state index is 13.2. The molecule has 0 saturated heterocycles. The van der Waals surface area contributed by atoms with E-state index in [0.717, 1.165) is 12.1 Å². The van der Waals surface area contributed by atoms with Gasteiger partial charge in [0.2, 0.25) is 5.91 Å². The zero-order valence-electron chi connectivity index (χ0n) is 20.2. The molecule has 0 spiro atoms. The first-order chi connectivity index (χ1) is 15.8. The fourth-order valence-corrected chi connectivity index (χ4v) is 4.02. The van der Waals surface area contributed by atoms with Gasteiger partial charge in [-0.05, 0) is 37.6 Å². The monoisotopic (exact) mass is 453 g/mol. The van der Waals surface area contributed by atoms with Crippen LogP contribution < -0.4 is 10.1 Å². The van der Waals surface area contributed by atoms with Gasteiger partial charge in [-0.1, -0.05) is 37.3 Å². The third-order valence-electron chi connectivity index (χ3n) is 6.25. The van der Waals surface area contributed by atoms with E-state index >= 15 is 0 Å². The van der Waals surface area contributed by atoms with Crippen molar-refractivity contribution in [2.24, 2.45) is 5.92 Å². The second-order valence-corrected chi connectivity index (χ2v) is 8.96. The minimum Gasteiger partial charge on any atom is -0.491 e. The van der Waals surface area contributed by atoms with Crippen LogP contribution in [0.2, 0.25) is 0 Å². The van der Waals surface area contributed by atoms with Crippen LogP contribution in [-0.2, 0) is 16.0 Å². The summed E-state index contributed by atoms with van der Waals surface area (Å²) in [7, 11) is 5.54. The Morgan fingerprint density at radius 3 is 2.55 bits per heavy atom. The van der Waals surface area contributed by atoms with Crippen molar-refractivity contribution in [2.45, 2.75) is 32.4 Å². The molecule has 2 aromatic rings. The summed E-state index contributed by atoms with van der Waals surface area (Å²) in [4.78, 5) is 29.7. The summed E-state index contributed by atoms with van der Waals surface area (Å²) >= 11 is 0. The molecule has 0 unspecified atom stereocenters. The first kappa shape index (κ1) is 24.7. The summed E-state index contributed by atoms with van der Waals surface area (Å²) in [6.07, 6.45) is 0.202. The number of rotatable bonds is 4. The number of fused-ring (bicyclic) bond motifs is 1. The van der Waals surface area contributed by atoms with Gasteiger partial charge in [-0.25, -0.2) is 0 Å². The first-order valence-electron chi connectivity index (χ1n) is 11.4. The zero-order valence-corrected chi connectivity index (χ0v) is 20.2. The van der Waals surface area contributed by atoms with Gasteiger partial charge in [0, 0.05) is 45.0 Å².